The normalized spacial score (nSPS) is 13.9. The van der Waals surface area contributed by atoms with Crippen molar-refractivity contribution >= 4 is 29.0 Å². The van der Waals surface area contributed by atoms with Crippen LogP contribution in [-0.2, 0) is 11.3 Å². The van der Waals surface area contributed by atoms with Crippen molar-refractivity contribution in [1.29, 1.82) is 10.9 Å². The van der Waals surface area contributed by atoms with Gasteiger partial charge in [0.1, 0.15) is 17.1 Å². The average Bonchev–Trinajstić information content (AvgIpc) is 3.31. The summed E-state index contributed by atoms with van der Waals surface area (Å²) < 4.78 is 6.92. The lowest BCUT2D eigenvalue weighted by molar-refractivity contribution is -0.121. The van der Waals surface area contributed by atoms with Crippen molar-refractivity contribution in [3.63, 3.8) is 0 Å². The molecule has 0 spiro atoms. The zero-order valence-corrected chi connectivity index (χ0v) is 18.3. The first-order chi connectivity index (χ1) is 15.9. The molecule has 1 aliphatic heterocycles. The Labute approximate surface area is 189 Å². The molecule has 0 radical (unpaired) electrons. The Hall–Kier alpha value is -4.15. The van der Waals surface area contributed by atoms with Crippen LogP contribution in [0.15, 0.2) is 41.6 Å². The van der Waals surface area contributed by atoms with E-state index >= 15 is 0 Å². The molecule has 1 unspecified atom stereocenters. The third-order valence-electron chi connectivity index (χ3n) is 5.56. The molecule has 3 heterocycles. The van der Waals surface area contributed by atoms with Gasteiger partial charge in [-0.15, -0.1) is 5.11 Å². The van der Waals surface area contributed by atoms with E-state index in [1.165, 1.54) is 16.8 Å². The summed E-state index contributed by atoms with van der Waals surface area (Å²) in [6.45, 7) is 5.01. The molecule has 170 valence electrons. The number of fused-ring (bicyclic) bond motifs is 2. The van der Waals surface area contributed by atoms with Gasteiger partial charge >= 0.3 is 0 Å². The molecule has 0 fully saturated rings. The number of benzene rings is 1. The molecule has 1 aliphatic rings. The van der Waals surface area contributed by atoms with Gasteiger partial charge < -0.3 is 15.0 Å². The van der Waals surface area contributed by atoms with Gasteiger partial charge in [0.2, 0.25) is 0 Å². The molecular formula is C22H24N8O3. The lowest BCUT2D eigenvalue weighted by atomic mass is 10.1. The van der Waals surface area contributed by atoms with Crippen LogP contribution in [0.3, 0.4) is 0 Å². The van der Waals surface area contributed by atoms with Gasteiger partial charge in [-0.1, -0.05) is 26.3 Å². The minimum absolute atomic E-state index is 0.0181. The number of rotatable bonds is 7. The third-order valence-corrected chi connectivity index (χ3v) is 5.56. The lowest BCUT2D eigenvalue weighted by Gasteiger charge is -2.31. The highest BCUT2D eigenvalue weighted by Gasteiger charge is 2.27. The Balaban J connectivity index is 1.54. The molecule has 0 saturated heterocycles. The molecule has 4 rings (SSSR count). The number of ether oxygens (including phenoxy) is 1. The number of anilines is 1. The number of hydrogen-bond acceptors (Lipinski definition) is 7. The van der Waals surface area contributed by atoms with Gasteiger partial charge in [0.05, 0.1) is 11.9 Å². The summed E-state index contributed by atoms with van der Waals surface area (Å²) in [5, 5.41) is 17.8. The highest BCUT2D eigenvalue weighted by Crippen LogP contribution is 2.33. The van der Waals surface area contributed by atoms with Gasteiger partial charge in [0, 0.05) is 19.2 Å². The van der Waals surface area contributed by atoms with Crippen LogP contribution >= 0.6 is 0 Å². The van der Waals surface area contributed by atoms with Crippen molar-refractivity contribution in [3.8, 4) is 5.75 Å². The molecule has 2 amide bonds. The van der Waals surface area contributed by atoms with Crippen molar-refractivity contribution in [1.82, 2.24) is 19.9 Å². The Bertz CT molecular complexity index is 1250. The van der Waals surface area contributed by atoms with Crippen molar-refractivity contribution < 1.29 is 14.3 Å². The fourth-order valence-electron chi connectivity index (χ4n) is 3.53. The van der Waals surface area contributed by atoms with E-state index in [4.69, 9.17) is 15.7 Å². The Morgan fingerprint density at radius 2 is 2.15 bits per heavy atom. The zero-order chi connectivity index (χ0) is 23.5. The van der Waals surface area contributed by atoms with E-state index in [2.05, 4.69) is 34.4 Å². The predicted octanol–water partition coefficient (Wildman–Crippen LogP) is 2.79. The number of amidine groups is 1. The second-order valence-electron chi connectivity index (χ2n) is 7.88. The summed E-state index contributed by atoms with van der Waals surface area (Å²) in [6.07, 6.45) is 2.45. The predicted molar refractivity (Wildman–Crippen MR) is 120 cm³/mol. The Morgan fingerprint density at radius 1 is 1.33 bits per heavy atom. The maximum atomic E-state index is 12.8. The number of nitrogens with one attached hydrogen (secondary N) is 3. The van der Waals surface area contributed by atoms with Crippen molar-refractivity contribution in [2.75, 3.05) is 18.1 Å². The van der Waals surface area contributed by atoms with Crippen LogP contribution in [0.2, 0.25) is 0 Å². The Morgan fingerprint density at radius 3 is 2.91 bits per heavy atom. The van der Waals surface area contributed by atoms with Crippen LogP contribution in [0.5, 0.6) is 5.75 Å². The minimum Gasteiger partial charge on any atom is -0.482 e. The van der Waals surface area contributed by atoms with E-state index in [0.717, 1.165) is 12.0 Å². The first kappa shape index (κ1) is 22.1. The summed E-state index contributed by atoms with van der Waals surface area (Å²) in [4.78, 5) is 31.3. The quantitative estimate of drug-likeness (QED) is 0.289. The highest BCUT2D eigenvalue weighted by atomic mass is 16.5. The van der Waals surface area contributed by atoms with E-state index in [0.29, 0.717) is 29.5 Å². The van der Waals surface area contributed by atoms with Gasteiger partial charge in [-0.25, -0.2) is 15.0 Å². The van der Waals surface area contributed by atoms with Gasteiger partial charge in [0.25, 0.3) is 11.8 Å². The number of hydrogen-bond donors (Lipinski definition) is 3. The van der Waals surface area contributed by atoms with Crippen molar-refractivity contribution in [2.45, 2.75) is 26.8 Å². The standard InChI is InChI=1S/C22H24N8O3/c1-3-13(2)11-29-16-8-14(4-5-18(16)33-12-20(29)31)10-25-22(32)15-9-17(21(23)28-24)30-19(27-15)6-7-26-30/h4-9,13,23-24H,3,10-12H2,1-2H3,(H,25,32). The SMILES string of the molecule is CCC(C)CN1C(=O)COc2ccc(CNC(=O)c3cc(C(=N)N=N)n4nccc4n3)cc21. The Kier molecular flexibility index (Phi) is 6.11. The molecular weight excluding hydrogens is 424 g/mol. The molecule has 3 N–H and O–H groups in total. The van der Waals surface area contributed by atoms with Gasteiger partial charge in [-0.05, 0) is 29.7 Å². The summed E-state index contributed by atoms with van der Waals surface area (Å²) in [5.74, 6) is 0.122. The van der Waals surface area contributed by atoms with Crippen LogP contribution in [0.25, 0.3) is 5.65 Å². The summed E-state index contributed by atoms with van der Waals surface area (Å²) in [6, 6.07) is 8.47. The summed E-state index contributed by atoms with van der Waals surface area (Å²) in [5.41, 5.74) is 9.25. The highest BCUT2D eigenvalue weighted by molar-refractivity contribution is 6.00. The van der Waals surface area contributed by atoms with Crippen molar-refractivity contribution in [3.05, 3.63) is 53.5 Å². The fourth-order valence-corrected chi connectivity index (χ4v) is 3.53. The molecule has 11 nitrogen and oxygen atoms in total. The minimum atomic E-state index is -0.445. The van der Waals surface area contributed by atoms with Gasteiger partial charge in [0.15, 0.2) is 18.1 Å². The zero-order valence-electron chi connectivity index (χ0n) is 18.3. The van der Waals surface area contributed by atoms with E-state index in [1.54, 1.807) is 17.0 Å². The van der Waals surface area contributed by atoms with Crippen LogP contribution in [0.1, 0.15) is 42.0 Å². The van der Waals surface area contributed by atoms with E-state index < -0.39 is 5.91 Å². The van der Waals surface area contributed by atoms with E-state index in [-0.39, 0.29) is 36.3 Å². The largest absolute Gasteiger partial charge is 0.482 e. The van der Waals surface area contributed by atoms with Gasteiger partial charge in [-0.2, -0.15) is 5.10 Å². The van der Waals surface area contributed by atoms with Gasteiger partial charge in [-0.3, -0.25) is 15.0 Å². The maximum Gasteiger partial charge on any atom is 0.270 e. The molecule has 1 atom stereocenters. The molecule has 0 saturated carbocycles. The molecule has 33 heavy (non-hydrogen) atoms. The fraction of sp³-hybridized carbons (Fsp3) is 0.318. The molecule has 0 bridgehead atoms. The molecule has 0 aliphatic carbocycles. The van der Waals surface area contributed by atoms with Crippen LogP contribution in [0, 0.1) is 16.9 Å². The molecule has 3 aromatic rings. The summed E-state index contributed by atoms with van der Waals surface area (Å²) in [7, 11) is 0. The lowest BCUT2D eigenvalue weighted by Crippen LogP contribution is -2.41. The van der Waals surface area contributed by atoms with Crippen LogP contribution < -0.4 is 15.0 Å². The number of amides is 2. The summed E-state index contributed by atoms with van der Waals surface area (Å²) >= 11 is 0. The monoisotopic (exact) mass is 448 g/mol. The maximum absolute atomic E-state index is 12.8. The van der Waals surface area contributed by atoms with Crippen LogP contribution in [-0.4, -0.2) is 45.4 Å². The van der Waals surface area contributed by atoms with Crippen LogP contribution in [0.4, 0.5) is 5.69 Å². The second kappa shape index (κ2) is 9.15. The average molecular weight is 448 g/mol. The molecule has 1 aromatic carbocycles. The van der Waals surface area contributed by atoms with E-state index in [1.807, 2.05) is 12.1 Å². The van der Waals surface area contributed by atoms with Crippen molar-refractivity contribution in [2.24, 2.45) is 11.0 Å². The number of nitrogens with zero attached hydrogens (tertiary/aromatic N) is 5. The number of carbonyl (C=O) groups is 2. The first-order valence-corrected chi connectivity index (χ1v) is 10.6. The first-order valence-electron chi connectivity index (χ1n) is 10.6. The molecule has 11 heteroatoms. The topological polar surface area (TPSA) is 149 Å². The van der Waals surface area contributed by atoms with E-state index in [9.17, 15) is 9.59 Å². The number of carbonyl (C=O) groups excluding carboxylic acids is 2. The second-order valence-corrected chi connectivity index (χ2v) is 7.88. The molecule has 2 aromatic heterocycles. The number of aromatic nitrogens is 3. The smallest absolute Gasteiger partial charge is 0.270 e. The third kappa shape index (κ3) is 4.43.